The minimum absolute atomic E-state index is 0.602. The number of ether oxygens (including phenoxy) is 1. The van der Waals surface area contributed by atoms with Crippen molar-refractivity contribution >= 4 is 0 Å². The first kappa shape index (κ1) is 15.8. The molecule has 0 bridgehead atoms. The molecule has 24 heavy (non-hydrogen) atoms. The van der Waals surface area contributed by atoms with Crippen LogP contribution in [0.1, 0.15) is 42.4 Å². The third kappa shape index (κ3) is 2.99. The first-order valence-corrected chi connectivity index (χ1v) is 8.77. The second kappa shape index (κ2) is 6.66. The quantitative estimate of drug-likeness (QED) is 0.912. The molecular weight excluding hydrogens is 306 g/mol. The van der Waals surface area contributed by atoms with Gasteiger partial charge in [0.15, 0.2) is 0 Å². The normalized spacial score (nSPS) is 21.4. The molecule has 130 valence electrons. The van der Waals surface area contributed by atoms with Crippen molar-refractivity contribution in [2.45, 2.75) is 44.5 Å². The fraction of sp³-hybridized carbons (Fsp3) is 0.647. The van der Waals surface area contributed by atoms with Gasteiger partial charge in [-0.3, -0.25) is 14.3 Å². The fourth-order valence-corrected chi connectivity index (χ4v) is 3.81. The van der Waals surface area contributed by atoms with Crippen LogP contribution in [0, 0.1) is 0 Å². The Labute approximate surface area is 141 Å². The van der Waals surface area contributed by atoms with Crippen LogP contribution in [0.3, 0.4) is 0 Å². The van der Waals surface area contributed by atoms with Crippen LogP contribution in [0.25, 0.3) is 0 Å². The summed E-state index contributed by atoms with van der Waals surface area (Å²) in [6.07, 6.45) is 4.28. The highest BCUT2D eigenvalue weighted by Gasteiger charge is 2.26. The van der Waals surface area contributed by atoms with Gasteiger partial charge in [0, 0.05) is 52.1 Å². The summed E-state index contributed by atoms with van der Waals surface area (Å²) in [5.41, 5.74) is 2.67. The maximum Gasteiger partial charge on any atom is 0.139 e. The van der Waals surface area contributed by atoms with Gasteiger partial charge >= 0.3 is 0 Å². The molecule has 0 spiro atoms. The molecule has 1 unspecified atom stereocenters. The van der Waals surface area contributed by atoms with E-state index in [-0.39, 0.29) is 0 Å². The van der Waals surface area contributed by atoms with Crippen LogP contribution in [-0.4, -0.2) is 55.4 Å². The first-order chi connectivity index (χ1) is 11.7. The summed E-state index contributed by atoms with van der Waals surface area (Å²) in [6, 6.07) is 4.49. The van der Waals surface area contributed by atoms with E-state index in [1.54, 1.807) is 10.9 Å². The van der Waals surface area contributed by atoms with E-state index in [0.29, 0.717) is 11.7 Å². The van der Waals surface area contributed by atoms with E-state index in [0.717, 1.165) is 57.8 Å². The molecule has 1 fully saturated rings. The second-order valence-electron chi connectivity index (χ2n) is 6.73. The van der Waals surface area contributed by atoms with Crippen LogP contribution < -0.4 is 0 Å². The lowest BCUT2D eigenvalue weighted by atomic mass is 10.1. The van der Waals surface area contributed by atoms with Crippen LogP contribution in [0.15, 0.2) is 18.3 Å². The zero-order valence-electron chi connectivity index (χ0n) is 14.1. The van der Waals surface area contributed by atoms with Gasteiger partial charge in [0.25, 0.3) is 0 Å². The minimum Gasteiger partial charge on any atom is -0.381 e. The number of aryl methyl sites for hydroxylation is 2. The summed E-state index contributed by atoms with van der Waals surface area (Å²) < 4.78 is 9.26. The molecule has 0 aliphatic carbocycles. The largest absolute Gasteiger partial charge is 0.381 e. The summed E-state index contributed by atoms with van der Waals surface area (Å²) in [6.45, 7) is 4.65. The molecule has 0 radical (unpaired) electrons. The molecule has 0 aromatic carbocycles. The van der Waals surface area contributed by atoms with Crippen LogP contribution >= 0.6 is 0 Å². The fourth-order valence-electron chi connectivity index (χ4n) is 3.81. The second-order valence-corrected chi connectivity index (χ2v) is 6.73. The van der Waals surface area contributed by atoms with E-state index in [1.165, 1.54) is 5.69 Å². The molecule has 4 rings (SSSR count). The summed E-state index contributed by atoms with van der Waals surface area (Å²) in [7, 11) is 1.84. The van der Waals surface area contributed by atoms with Crippen LogP contribution in [0.5, 0.6) is 0 Å². The predicted molar refractivity (Wildman–Crippen MR) is 88.4 cm³/mol. The van der Waals surface area contributed by atoms with Gasteiger partial charge in [-0.25, -0.2) is 0 Å². The Bertz CT molecular complexity index is 689. The number of nitrogens with zero attached hydrogens (tertiary/aromatic N) is 5. The lowest BCUT2D eigenvalue weighted by molar-refractivity contribution is 0.0315. The maximum atomic E-state index is 10.6. The summed E-state index contributed by atoms with van der Waals surface area (Å²) in [5.74, 6) is 0. The molecular formula is C17H25N5O2. The summed E-state index contributed by atoms with van der Waals surface area (Å²) >= 11 is 0. The highest BCUT2D eigenvalue weighted by atomic mass is 16.5. The van der Waals surface area contributed by atoms with Gasteiger partial charge in [0.1, 0.15) is 6.10 Å². The molecule has 2 aliphatic heterocycles. The number of aliphatic hydroxyl groups is 1. The third-order valence-corrected chi connectivity index (χ3v) is 5.19. The molecule has 7 heteroatoms. The Morgan fingerprint density at radius 2 is 2.12 bits per heavy atom. The molecule has 4 heterocycles. The van der Waals surface area contributed by atoms with Crippen LogP contribution in [0.4, 0.5) is 0 Å². The molecule has 2 aliphatic rings. The van der Waals surface area contributed by atoms with Crippen molar-refractivity contribution < 1.29 is 9.84 Å². The van der Waals surface area contributed by atoms with Crippen molar-refractivity contribution in [2.75, 3.05) is 19.8 Å². The molecule has 7 nitrogen and oxygen atoms in total. The lowest BCUT2D eigenvalue weighted by Gasteiger charge is -2.33. The van der Waals surface area contributed by atoms with E-state index in [9.17, 15) is 5.11 Å². The summed E-state index contributed by atoms with van der Waals surface area (Å²) in [4.78, 5) is 2.56. The number of hydrogen-bond donors (Lipinski definition) is 1. The monoisotopic (exact) mass is 331 g/mol. The van der Waals surface area contributed by atoms with Crippen LogP contribution in [0.2, 0.25) is 0 Å². The molecule has 2 aromatic rings. The van der Waals surface area contributed by atoms with E-state index in [2.05, 4.69) is 25.8 Å². The number of aliphatic hydroxyl groups excluding tert-OH is 1. The van der Waals surface area contributed by atoms with E-state index in [1.807, 2.05) is 13.1 Å². The third-order valence-electron chi connectivity index (χ3n) is 5.19. The van der Waals surface area contributed by atoms with E-state index >= 15 is 0 Å². The average molecular weight is 331 g/mol. The number of rotatable bonds is 3. The van der Waals surface area contributed by atoms with Gasteiger partial charge < -0.3 is 9.84 Å². The molecule has 1 saturated heterocycles. The number of hydrogen-bond acceptors (Lipinski definition) is 5. The highest BCUT2D eigenvalue weighted by molar-refractivity contribution is 5.21. The average Bonchev–Trinajstić information content (AvgIpc) is 3.16. The van der Waals surface area contributed by atoms with Gasteiger partial charge in [-0.2, -0.15) is 10.2 Å². The Morgan fingerprint density at radius 3 is 2.88 bits per heavy atom. The minimum atomic E-state index is -0.728. The van der Waals surface area contributed by atoms with Gasteiger partial charge in [-0.05, 0) is 31.4 Å². The lowest BCUT2D eigenvalue weighted by Crippen LogP contribution is -2.39. The van der Waals surface area contributed by atoms with Gasteiger partial charge in [0.05, 0.1) is 17.1 Å². The van der Waals surface area contributed by atoms with Crippen molar-refractivity contribution in [3.63, 3.8) is 0 Å². The van der Waals surface area contributed by atoms with E-state index in [4.69, 9.17) is 4.74 Å². The number of aromatic nitrogens is 4. The smallest absolute Gasteiger partial charge is 0.139 e. The molecule has 2 aromatic heterocycles. The van der Waals surface area contributed by atoms with Crippen molar-refractivity contribution in [2.24, 2.45) is 7.05 Å². The molecule has 1 atom stereocenters. The van der Waals surface area contributed by atoms with Crippen LogP contribution in [-0.2, 0) is 24.9 Å². The van der Waals surface area contributed by atoms with E-state index < -0.39 is 6.10 Å². The van der Waals surface area contributed by atoms with Gasteiger partial charge in [0.2, 0.25) is 0 Å². The zero-order valence-corrected chi connectivity index (χ0v) is 14.1. The predicted octanol–water partition coefficient (Wildman–Crippen LogP) is 1.08. The SMILES string of the molecule is Cn1nccc1C(O)c1cc2n(n1)CCCN(C1CCOCC1)C2. The first-order valence-electron chi connectivity index (χ1n) is 8.77. The number of fused-ring (bicyclic) bond motifs is 1. The molecule has 0 amide bonds. The van der Waals surface area contributed by atoms with Crippen molar-refractivity contribution in [1.82, 2.24) is 24.5 Å². The topological polar surface area (TPSA) is 68.3 Å². The van der Waals surface area contributed by atoms with Crippen molar-refractivity contribution in [3.8, 4) is 0 Å². The maximum absolute atomic E-state index is 10.6. The molecule has 0 saturated carbocycles. The van der Waals surface area contributed by atoms with Crippen molar-refractivity contribution in [1.29, 1.82) is 0 Å². The Hall–Kier alpha value is -1.70. The van der Waals surface area contributed by atoms with Gasteiger partial charge in [-0.1, -0.05) is 0 Å². The Morgan fingerprint density at radius 1 is 1.29 bits per heavy atom. The standard InChI is InChI=1S/C17H25N5O2/c1-20-16(3-6-18-20)17(23)15-11-14-12-21(7-2-8-22(14)19-15)13-4-9-24-10-5-13/h3,6,11,13,17,23H,2,4-5,7-10,12H2,1H3. The van der Waals surface area contributed by atoms with Gasteiger partial charge in [-0.15, -0.1) is 0 Å². The van der Waals surface area contributed by atoms with Crippen molar-refractivity contribution in [3.05, 3.63) is 35.4 Å². The zero-order chi connectivity index (χ0) is 16.5. The molecule has 1 N–H and O–H groups in total. The summed E-state index contributed by atoms with van der Waals surface area (Å²) in [5, 5.41) is 19.4. The Kier molecular flexibility index (Phi) is 4.39. The highest BCUT2D eigenvalue weighted by Crippen LogP contribution is 2.25. The Balaban J connectivity index is 1.54.